The van der Waals surface area contributed by atoms with E-state index in [9.17, 15) is 0 Å². The zero-order valence-corrected chi connectivity index (χ0v) is 9.56. The van der Waals surface area contributed by atoms with Crippen molar-refractivity contribution in [1.82, 2.24) is 14.8 Å². The monoisotopic (exact) mass is 227 g/mol. The molecule has 0 aliphatic heterocycles. The van der Waals surface area contributed by atoms with Gasteiger partial charge >= 0.3 is 0 Å². The van der Waals surface area contributed by atoms with Crippen molar-refractivity contribution in [1.29, 1.82) is 0 Å². The molecule has 0 fully saturated rings. The lowest BCUT2D eigenvalue weighted by molar-refractivity contribution is 0.772. The lowest BCUT2D eigenvalue weighted by Crippen LogP contribution is -2.00. The van der Waals surface area contributed by atoms with E-state index in [0.29, 0.717) is 5.28 Å². The summed E-state index contributed by atoms with van der Waals surface area (Å²) in [5.41, 5.74) is 0. The Morgan fingerprint density at radius 1 is 1.36 bits per heavy atom. The summed E-state index contributed by atoms with van der Waals surface area (Å²) in [5.74, 6) is 0.848. The number of aromatic nitrogens is 3. The first-order valence-electron chi connectivity index (χ1n) is 4.27. The molecule has 0 bridgehead atoms. The van der Waals surface area contributed by atoms with Gasteiger partial charge in [-0.25, -0.2) is 0 Å². The summed E-state index contributed by atoms with van der Waals surface area (Å²) < 4.78 is 1.90. The molecule has 0 aromatic carbocycles. The molecule has 0 amide bonds. The fourth-order valence-electron chi connectivity index (χ4n) is 1.26. The fourth-order valence-corrected chi connectivity index (χ4v) is 2.36. The molecule has 2 rings (SSSR count). The van der Waals surface area contributed by atoms with E-state index in [2.05, 4.69) is 29.3 Å². The molecule has 2 heterocycles. The van der Waals surface area contributed by atoms with Crippen LogP contribution in [0.2, 0.25) is 5.28 Å². The highest BCUT2D eigenvalue weighted by Crippen LogP contribution is 2.18. The first-order chi connectivity index (χ1) is 6.66. The molecular formula is C9H10ClN3S. The Kier molecular flexibility index (Phi) is 2.56. The number of hydrogen-bond acceptors (Lipinski definition) is 3. The van der Waals surface area contributed by atoms with Crippen LogP contribution in [0.1, 0.15) is 15.6 Å². The Bertz CT molecular complexity index is 427. The average molecular weight is 228 g/mol. The second-order valence-corrected chi connectivity index (χ2v) is 4.83. The summed E-state index contributed by atoms with van der Waals surface area (Å²) in [6, 6.07) is 4.21. The van der Waals surface area contributed by atoms with Gasteiger partial charge in [-0.3, -0.25) is 4.57 Å². The van der Waals surface area contributed by atoms with E-state index in [1.165, 1.54) is 9.75 Å². The van der Waals surface area contributed by atoms with Crippen molar-refractivity contribution in [2.75, 3.05) is 0 Å². The van der Waals surface area contributed by atoms with E-state index >= 15 is 0 Å². The van der Waals surface area contributed by atoms with Gasteiger partial charge in [0.1, 0.15) is 5.82 Å². The summed E-state index contributed by atoms with van der Waals surface area (Å²) in [5, 5.41) is 8.16. The molecule has 0 spiro atoms. The number of aryl methyl sites for hydroxylation is 2. The van der Waals surface area contributed by atoms with Gasteiger partial charge in [-0.1, -0.05) is 0 Å². The molecule has 0 N–H and O–H groups in total. The van der Waals surface area contributed by atoms with Gasteiger partial charge in [0.15, 0.2) is 0 Å². The van der Waals surface area contributed by atoms with Crippen LogP contribution in [0.4, 0.5) is 0 Å². The lowest BCUT2D eigenvalue weighted by Gasteiger charge is -2.01. The van der Waals surface area contributed by atoms with Gasteiger partial charge < -0.3 is 0 Å². The molecule has 0 aliphatic rings. The van der Waals surface area contributed by atoms with Crippen LogP contribution in [0, 0.1) is 13.8 Å². The normalized spacial score (nSPS) is 10.8. The van der Waals surface area contributed by atoms with E-state index in [4.69, 9.17) is 11.6 Å². The van der Waals surface area contributed by atoms with Gasteiger partial charge in [0.25, 0.3) is 0 Å². The largest absolute Gasteiger partial charge is 0.297 e. The minimum Gasteiger partial charge on any atom is -0.297 e. The van der Waals surface area contributed by atoms with Crippen molar-refractivity contribution in [2.45, 2.75) is 20.4 Å². The Morgan fingerprint density at radius 3 is 2.64 bits per heavy atom. The molecule has 14 heavy (non-hydrogen) atoms. The summed E-state index contributed by atoms with van der Waals surface area (Å²) in [7, 11) is 0. The first-order valence-corrected chi connectivity index (χ1v) is 5.47. The van der Waals surface area contributed by atoms with Gasteiger partial charge in [-0.05, 0) is 37.6 Å². The van der Waals surface area contributed by atoms with Gasteiger partial charge in [0, 0.05) is 9.75 Å². The third-order valence-corrected chi connectivity index (χ3v) is 3.27. The SMILES string of the molecule is Cc1ccc(Cn2c(C)nnc2Cl)s1. The second-order valence-electron chi connectivity index (χ2n) is 3.11. The van der Waals surface area contributed by atoms with Crippen molar-refractivity contribution in [3.8, 4) is 0 Å². The van der Waals surface area contributed by atoms with E-state index in [-0.39, 0.29) is 0 Å². The molecule has 0 atom stereocenters. The van der Waals surface area contributed by atoms with Gasteiger partial charge in [0.2, 0.25) is 5.28 Å². The zero-order valence-electron chi connectivity index (χ0n) is 7.99. The van der Waals surface area contributed by atoms with Crippen molar-refractivity contribution in [2.24, 2.45) is 0 Å². The third kappa shape index (κ3) is 1.81. The number of nitrogens with zero attached hydrogens (tertiary/aromatic N) is 3. The highest BCUT2D eigenvalue weighted by molar-refractivity contribution is 7.11. The molecule has 2 aromatic heterocycles. The number of thiophene rings is 1. The van der Waals surface area contributed by atoms with Crippen molar-refractivity contribution in [3.63, 3.8) is 0 Å². The van der Waals surface area contributed by atoms with Crippen molar-refractivity contribution < 1.29 is 0 Å². The second kappa shape index (κ2) is 3.71. The summed E-state index contributed by atoms with van der Waals surface area (Å²) in [4.78, 5) is 2.58. The first kappa shape index (κ1) is 9.68. The Hall–Kier alpha value is -0.870. The maximum atomic E-state index is 5.90. The van der Waals surface area contributed by atoms with Gasteiger partial charge in [-0.2, -0.15) is 0 Å². The van der Waals surface area contributed by atoms with Crippen LogP contribution in [0.15, 0.2) is 12.1 Å². The van der Waals surface area contributed by atoms with Crippen LogP contribution in [0.5, 0.6) is 0 Å². The van der Waals surface area contributed by atoms with Crippen LogP contribution in [0.3, 0.4) is 0 Å². The number of halogens is 1. The molecule has 0 saturated heterocycles. The third-order valence-electron chi connectivity index (χ3n) is 2.00. The Morgan fingerprint density at radius 2 is 2.14 bits per heavy atom. The molecule has 0 aliphatic carbocycles. The van der Waals surface area contributed by atoms with Crippen LogP contribution < -0.4 is 0 Å². The van der Waals surface area contributed by atoms with E-state index < -0.39 is 0 Å². The maximum absolute atomic E-state index is 5.90. The molecule has 3 nitrogen and oxygen atoms in total. The zero-order chi connectivity index (χ0) is 10.1. The number of hydrogen-bond donors (Lipinski definition) is 0. The Labute approximate surface area is 91.4 Å². The number of rotatable bonds is 2. The molecule has 0 saturated carbocycles. The topological polar surface area (TPSA) is 30.7 Å². The quantitative estimate of drug-likeness (QED) is 0.790. The highest BCUT2D eigenvalue weighted by Gasteiger charge is 2.07. The molecule has 0 radical (unpaired) electrons. The van der Waals surface area contributed by atoms with Crippen molar-refractivity contribution >= 4 is 22.9 Å². The summed E-state index contributed by atoms with van der Waals surface area (Å²) in [6.07, 6.45) is 0. The van der Waals surface area contributed by atoms with Crippen LogP contribution in [0.25, 0.3) is 0 Å². The lowest BCUT2D eigenvalue weighted by atomic mass is 10.4. The maximum Gasteiger partial charge on any atom is 0.225 e. The summed E-state index contributed by atoms with van der Waals surface area (Å²) >= 11 is 7.66. The molecule has 74 valence electrons. The van der Waals surface area contributed by atoms with E-state index in [1.54, 1.807) is 11.3 Å². The molecule has 0 unspecified atom stereocenters. The van der Waals surface area contributed by atoms with Crippen LogP contribution in [-0.2, 0) is 6.54 Å². The molecule has 2 aromatic rings. The van der Waals surface area contributed by atoms with Crippen LogP contribution in [-0.4, -0.2) is 14.8 Å². The predicted octanol–water partition coefficient (Wildman–Crippen LogP) is 2.66. The van der Waals surface area contributed by atoms with Crippen LogP contribution >= 0.6 is 22.9 Å². The van der Waals surface area contributed by atoms with Gasteiger partial charge in [0.05, 0.1) is 6.54 Å². The van der Waals surface area contributed by atoms with E-state index in [0.717, 1.165) is 12.4 Å². The van der Waals surface area contributed by atoms with Crippen molar-refractivity contribution in [3.05, 3.63) is 33.0 Å². The molecular weight excluding hydrogens is 218 g/mol. The fraction of sp³-hybridized carbons (Fsp3) is 0.333. The average Bonchev–Trinajstić information content (AvgIpc) is 2.67. The highest BCUT2D eigenvalue weighted by atomic mass is 35.5. The summed E-state index contributed by atoms with van der Waals surface area (Å²) in [6.45, 7) is 4.75. The smallest absolute Gasteiger partial charge is 0.225 e. The Balaban J connectivity index is 2.26. The minimum atomic E-state index is 0.452. The minimum absolute atomic E-state index is 0.452. The predicted molar refractivity (Wildman–Crippen MR) is 57.9 cm³/mol. The van der Waals surface area contributed by atoms with E-state index in [1.807, 2.05) is 11.5 Å². The standard InChI is InChI=1S/C9H10ClN3S/c1-6-3-4-8(14-6)5-13-7(2)11-12-9(13)10/h3-4H,5H2,1-2H3. The molecule has 5 heteroatoms. The van der Waals surface area contributed by atoms with Gasteiger partial charge in [-0.15, -0.1) is 21.5 Å².